The first-order chi connectivity index (χ1) is 14.1. The predicted octanol–water partition coefficient (Wildman–Crippen LogP) is 5.18. The molecule has 146 valence electrons. The van der Waals surface area contributed by atoms with E-state index in [0.717, 1.165) is 12.1 Å². The van der Waals surface area contributed by atoms with E-state index in [1.54, 1.807) is 0 Å². The van der Waals surface area contributed by atoms with Gasteiger partial charge in [-0.15, -0.1) is 0 Å². The van der Waals surface area contributed by atoms with Gasteiger partial charge >= 0.3 is 0 Å². The number of carbonyl (C=O) groups is 1. The Morgan fingerprint density at radius 3 is 2.55 bits per heavy atom. The molecule has 0 spiro atoms. The van der Waals surface area contributed by atoms with E-state index < -0.39 is 0 Å². The van der Waals surface area contributed by atoms with Gasteiger partial charge in [0.15, 0.2) is 12.3 Å². The summed E-state index contributed by atoms with van der Waals surface area (Å²) >= 11 is 0. The van der Waals surface area contributed by atoms with Crippen molar-refractivity contribution in [2.75, 3.05) is 13.2 Å². The van der Waals surface area contributed by atoms with E-state index in [-0.39, 0.29) is 5.41 Å². The van der Waals surface area contributed by atoms with Gasteiger partial charge in [0.05, 0.1) is 17.5 Å². The van der Waals surface area contributed by atoms with Gasteiger partial charge in [0, 0.05) is 17.8 Å². The topological polar surface area (TPSA) is 41.7 Å². The lowest BCUT2D eigenvalue weighted by Gasteiger charge is -2.18. The third-order valence-corrected chi connectivity index (χ3v) is 5.65. The summed E-state index contributed by atoms with van der Waals surface area (Å²) in [6, 6.07) is 22.8. The number of rotatable bonds is 7. The van der Waals surface area contributed by atoms with Crippen molar-refractivity contribution >= 4 is 40.5 Å². The fourth-order valence-electron chi connectivity index (χ4n) is 4.33. The summed E-state index contributed by atoms with van der Waals surface area (Å²) in [6.07, 6.45) is 2.71. The molecule has 0 saturated carbocycles. The van der Waals surface area contributed by atoms with Gasteiger partial charge in [-0.05, 0) is 42.8 Å². The molecule has 0 aliphatic carbocycles. The quantitative estimate of drug-likeness (QED) is 0.243. The Balaban J connectivity index is 1.76. The lowest BCUT2D eigenvalue weighted by Crippen LogP contribution is -2.30. The average molecular weight is 385 g/mol. The van der Waals surface area contributed by atoms with Gasteiger partial charge in [-0.1, -0.05) is 42.5 Å². The molecule has 0 atom stereocenters. The second-order valence-corrected chi connectivity index (χ2v) is 7.72. The first-order valence-electron chi connectivity index (χ1n) is 9.92. The molecular formula is C25H25N2O2+. The normalized spacial score (nSPS) is 15.1. The molecule has 0 amide bonds. The number of hydrogen-bond donors (Lipinski definition) is 0. The van der Waals surface area contributed by atoms with Crippen LogP contribution in [0.25, 0.3) is 10.8 Å². The van der Waals surface area contributed by atoms with Crippen LogP contribution in [0.15, 0.2) is 71.7 Å². The summed E-state index contributed by atoms with van der Waals surface area (Å²) in [4.78, 5) is 15.3. The number of nitrogens with zero attached hydrogens (tertiary/aromatic N) is 2. The standard InChI is InChI=1S/C25H25N2O2/c1-25(2)23(14-15-26-20-9-4-3-5-10-20)27(16-17-29-18-28)22-13-12-19-8-6-7-11-21(19)24(22)25/h3-13,15,18H,14,16-17H2,1-2H3/q+1. The SMILES string of the molecule is CC1(C)C(CC=Nc2ccccc2)=[N+](CCOC=O)c2ccc3ccccc3c21. The van der Waals surface area contributed by atoms with E-state index in [1.807, 2.05) is 36.5 Å². The number of benzene rings is 3. The molecular weight excluding hydrogens is 360 g/mol. The van der Waals surface area contributed by atoms with Crippen molar-refractivity contribution in [1.29, 1.82) is 0 Å². The third kappa shape index (κ3) is 3.58. The molecule has 0 radical (unpaired) electrons. The Bertz CT molecular complexity index is 1100. The molecule has 4 nitrogen and oxygen atoms in total. The Morgan fingerprint density at radius 1 is 1.00 bits per heavy atom. The number of aliphatic imine (C=N–C) groups is 1. The van der Waals surface area contributed by atoms with Crippen LogP contribution in [0.1, 0.15) is 25.8 Å². The average Bonchev–Trinajstić information content (AvgIpc) is 2.96. The zero-order valence-electron chi connectivity index (χ0n) is 16.8. The number of carbonyl (C=O) groups excluding carboxylic acids is 1. The van der Waals surface area contributed by atoms with Crippen molar-refractivity contribution in [3.8, 4) is 0 Å². The molecule has 1 aliphatic heterocycles. The first-order valence-corrected chi connectivity index (χ1v) is 9.92. The predicted molar refractivity (Wildman–Crippen MR) is 118 cm³/mol. The van der Waals surface area contributed by atoms with Crippen molar-refractivity contribution < 1.29 is 14.1 Å². The Kier molecular flexibility index (Phi) is 5.26. The zero-order valence-corrected chi connectivity index (χ0v) is 16.8. The molecule has 0 N–H and O–H groups in total. The molecule has 4 rings (SSSR count). The summed E-state index contributed by atoms with van der Waals surface area (Å²) in [5.74, 6) is 0. The second kappa shape index (κ2) is 8.00. The van der Waals surface area contributed by atoms with Crippen LogP contribution in [0.4, 0.5) is 11.4 Å². The van der Waals surface area contributed by atoms with Crippen LogP contribution in [0.5, 0.6) is 0 Å². The first kappa shape index (κ1) is 19.1. The molecule has 1 aliphatic rings. The molecule has 29 heavy (non-hydrogen) atoms. The highest BCUT2D eigenvalue weighted by atomic mass is 16.5. The van der Waals surface area contributed by atoms with Crippen molar-refractivity contribution in [2.45, 2.75) is 25.7 Å². The Labute approximate surface area is 171 Å². The third-order valence-electron chi connectivity index (χ3n) is 5.65. The summed E-state index contributed by atoms with van der Waals surface area (Å²) in [5, 5.41) is 2.51. The van der Waals surface area contributed by atoms with Crippen molar-refractivity contribution in [1.82, 2.24) is 0 Å². The maximum absolute atomic E-state index is 10.7. The molecule has 0 unspecified atom stereocenters. The van der Waals surface area contributed by atoms with E-state index in [9.17, 15) is 4.79 Å². The lowest BCUT2D eigenvalue weighted by atomic mass is 9.78. The Morgan fingerprint density at radius 2 is 1.76 bits per heavy atom. The molecule has 1 heterocycles. The van der Waals surface area contributed by atoms with Gasteiger partial charge in [0.25, 0.3) is 6.47 Å². The van der Waals surface area contributed by atoms with Crippen molar-refractivity contribution in [3.63, 3.8) is 0 Å². The summed E-state index contributed by atoms with van der Waals surface area (Å²) in [6.45, 7) is 6.03. The van der Waals surface area contributed by atoms with Crippen LogP contribution < -0.4 is 0 Å². The highest BCUT2D eigenvalue weighted by molar-refractivity contribution is 6.07. The minimum atomic E-state index is -0.153. The van der Waals surface area contributed by atoms with Crippen molar-refractivity contribution in [2.24, 2.45) is 4.99 Å². The van der Waals surface area contributed by atoms with Gasteiger partial charge < -0.3 is 4.74 Å². The van der Waals surface area contributed by atoms with Gasteiger partial charge in [0.1, 0.15) is 6.61 Å². The maximum atomic E-state index is 10.7. The molecule has 0 bridgehead atoms. The molecule has 3 aromatic rings. The highest BCUT2D eigenvalue weighted by Gasteiger charge is 2.45. The van der Waals surface area contributed by atoms with E-state index >= 15 is 0 Å². The van der Waals surface area contributed by atoms with Crippen LogP contribution in [-0.2, 0) is 14.9 Å². The minimum Gasteiger partial charge on any atom is -0.461 e. The summed E-state index contributed by atoms with van der Waals surface area (Å²) in [5.41, 5.74) is 4.57. The monoisotopic (exact) mass is 385 g/mol. The van der Waals surface area contributed by atoms with Crippen LogP contribution in [-0.4, -0.2) is 36.1 Å². The fraction of sp³-hybridized carbons (Fsp3) is 0.240. The summed E-state index contributed by atoms with van der Waals surface area (Å²) in [7, 11) is 0. The highest BCUT2D eigenvalue weighted by Crippen LogP contribution is 2.44. The number of fused-ring (bicyclic) bond motifs is 3. The molecule has 0 saturated heterocycles. The number of hydrogen-bond acceptors (Lipinski definition) is 3. The largest absolute Gasteiger partial charge is 0.461 e. The lowest BCUT2D eigenvalue weighted by molar-refractivity contribution is -0.442. The zero-order chi connectivity index (χ0) is 20.3. The molecule has 4 heteroatoms. The van der Waals surface area contributed by atoms with E-state index in [4.69, 9.17) is 4.74 Å². The summed E-state index contributed by atoms with van der Waals surface area (Å²) < 4.78 is 7.31. The van der Waals surface area contributed by atoms with Crippen molar-refractivity contribution in [3.05, 3.63) is 72.3 Å². The van der Waals surface area contributed by atoms with Gasteiger partial charge in [-0.2, -0.15) is 4.58 Å². The smallest absolute Gasteiger partial charge is 0.293 e. The number of para-hydroxylation sites is 1. The number of ether oxygens (including phenoxy) is 1. The molecule has 0 aromatic heterocycles. The van der Waals surface area contributed by atoms with E-state index in [1.165, 1.54) is 27.7 Å². The minimum absolute atomic E-state index is 0.153. The van der Waals surface area contributed by atoms with Crippen LogP contribution in [0.3, 0.4) is 0 Å². The molecule has 0 fully saturated rings. The van der Waals surface area contributed by atoms with Crippen LogP contribution in [0.2, 0.25) is 0 Å². The van der Waals surface area contributed by atoms with E-state index in [2.05, 4.69) is 59.8 Å². The Hall–Kier alpha value is -3.27. The van der Waals surface area contributed by atoms with Gasteiger partial charge in [-0.3, -0.25) is 9.79 Å². The van der Waals surface area contributed by atoms with E-state index in [0.29, 0.717) is 19.6 Å². The van der Waals surface area contributed by atoms with Crippen LogP contribution >= 0.6 is 0 Å². The molecule has 3 aromatic carbocycles. The van der Waals surface area contributed by atoms with Gasteiger partial charge in [0.2, 0.25) is 5.69 Å². The second-order valence-electron chi connectivity index (χ2n) is 7.72. The maximum Gasteiger partial charge on any atom is 0.293 e. The fourth-order valence-corrected chi connectivity index (χ4v) is 4.33. The van der Waals surface area contributed by atoms with Gasteiger partial charge in [-0.25, -0.2) is 0 Å². The van der Waals surface area contributed by atoms with Crippen LogP contribution in [0, 0.1) is 0 Å².